The molecule has 1 saturated carbocycles. The van der Waals surface area contributed by atoms with E-state index in [1.807, 2.05) is 31.2 Å². The molecule has 28 heavy (non-hydrogen) atoms. The Labute approximate surface area is 162 Å². The van der Waals surface area contributed by atoms with Crippen molar-refractivity contribution in [3.05, 3.63) is 60.8 Å². The molecule has 6 nitrogen and oxygen atoms in total. The molecule has 0 radical (unpaired) electrons. The topological polar surface area (TPSA) is 82.7 Å². The van der Waals surface area contributed by atoms with Crippen LogP contribution in [0.25, 0.3) is 27.7 Å². The number of nitrogens with zero attached hydrogens (tertiary/aromatic N) is 3. The number of hydrogen-bond acceptors (Lipinski definition) is 5. The number of fused-ring (bicyclic) bond motifs is 2. The van der Waals surface area contributed by atoms with Crippen LogP contribution in [-0.4, -0.2) is 43.1 Å². The molecule has 0 saturated heterocycles. The first kappa shape index (κ1) is 17.2. The van der Waals surface area contributed by atoms with Crippen molar-refractivity contribution in [2.45, 2.75) is 31.6 Å². The van der Waals surface area contributed by atoms with Gasteiger partial charge in [-0.25, -0.2) is 4.98 Å². The predicted molar refractivity (Wildman–Crippen MR) is 109 cm³/mol. The van der Waals surface area contributed by atoms with Crippen molar-refractivity contribution < 1.29 is 10.2 Å². The maximum atomic E-state index is 10.3. The molecule has 5 rings (SSSR count). The molecule has 2 aromatic carbocycles. The summed E-state index contributed by atoms with van der Waals surface area (Å²) >= 11 is 0. The molecule has 1 aliphatic rings. The van der Waals surface area contributed by atoms with Crippen LogP contribution in [0.2, 0.25) is 0 Å². The normalized spacial score (nSPS) is 24.8. The molecule has 0 unspecified atom stereocenters. The summed E-state index contributed by atoms with van der Waals surface area (Å²) in [4.78, 5) is 4.42. The standard InChI is InChI=1S/C22H22N4O2/c1-13-10-18(22(28)21(13)27)24-19-8-9-23-20-12-17(25-26(19)20)16-7-6-14-4-2-3-5-15(14)11-16/h2-9,11-13,18,21-22,24,27-28H,10H2,1H3/t13-,18-,21-,22+/m1/s1. The Morgan fingerprint density at radius 3 is 2.61 bits per heavy atom. The van der Waals surface area contributed by atoms with Crippen molar-refractivity contribution in [2.24, 2.45) is 5.92 Å². The van der Waals surface area contributed by atoms with Gasteiger partial charge in [0.15, 0.2) is 5.65 Å². The van der Waals surface area contributed by atoms with Gasteiger partial charge < -0.3 is 15.5 Å². The van der Waals surface area contributed by atoms with Crippen LogP contribution in [0.4, 0.5) is 5.82 Å². The summed E-state index contributed by atoms with van der Waals surface area (Å²) in [7, 11) is 0. The molecule has 0 spiro atoms. The summed E-state index contributed by atoms with van der Waals surface area (Å²) in [6.07, 6.45) is 0.921. The third kappa shape index (κ3) is 2.82. The fourth-order valence-electron chi connectivity index (χ4n) is 4.08. The van der Waals surface area contributed by atoms with Crippen LogP contribution in [-0.2, 0) is 0 Å². The Hall–Kier alpha value is -2.96. The number of aromatic nitrogens is 3. The number of benzene rings is 2. The summed E-state index contributed by atoms with van der Waals surface area (Å²) in [5, 5.41) is 30.8. The average Bonchev–Trinajstić information content (AvgIpc) is 3.26. The first-order valence-corrected chi connectivity index (χ1v) is 9.57. The van der Waals surface area contributed by atoms with Crippen molar-refractivity contribution in [3.8, 4) is 11.3 Å². The highest BCUT2D eigenvalue weighted by molar-refractivity contribution is 5.87. The minimum atomic E-state index is -0.797. The molecule has 0 amide bonds. The lowest BCUT2D eigenvalue weighted by Gasteiger charge is -2.19. The lowest BCUT2D eigenvalue weighted by Crippen LogP contribution is -2.35. The summed E-state index contributed by atoms with van der Waals surface area (Å²) in [5.41, 5.74) is 2.60. The van der Waals surface area contributed by atoms with Gasteiger partial charge in [0.2, 0.25) is 0 Å². The van der Waals surface area contributed by atoms with E-state index in [-0.39, 0.29) is 12.0 Å². The molecule has 1 aliphatic carbocycles. The van der Waals surface area contributed by atoms with E-state index in [9.17, 15) is 10.2 Å². The van der Waals surface area contributed by atoms with Crippen molar-refractivity contribution >= 4 is 22.2 Å². The predicted octanol–water partition coefficient (Wildman–Crippen LogP) is 3.09. The van der Waals surface area contributed by atoms with Crippen LogP contribution in [0.5, 0.6) is 0 Å². The second-order valence-corrected chi connectivity index (χ2v) is 7.64. The summed E-state index contributed by atoms with van der Waals surface area (Å²) < 4.78 is 1.76. The molecule has 1 fully saturated rings. The van der Waals surface area contributed by atoms with Gasteiger partial charge in [0.1, 0.15) is 11.9 Å². The second kappa shape index (κ2) is 6.58. The summed E-state index contributed by atoms with van der Waals surface area (Å²) in [5.74, 6) is 0.804. The van der Waals surface area contributed by atoms with Gasteiger partial charge in [-0.15, -0.1) is 0 Å². The monoisotopic (exact) mass is 374 g/mol. The van der Waals surface area contributed by atoms with E-state index in [0.717, 1.165) is 22.7 Å². The highest BCUT2D eigenvalue weighted by atomic mass is 16.3. The number of rotatable bonds is 3. The van der Waals surface area contributed by atoms with E-state index in [2.05, 4.69) is 40.6 Å². The molecule has 0 aliphatic heterocycles. The maximum absolute atomic E-state index is 10.3. The average molecular weight is 374 g/mol. The van der Waals surface area contributed by atoms with Gasteiger partial charge >= 0.3 is 0 Å². The van der Waals surface area contributed by atoms with Crippen LogP contribution < -0.4 is 5.32 Å². The molecule has 6 heteroatoms. The van der Waals surface area contributed by atoms with Crippen LogP contribution >= 0.6 is 0 Å². The van der Waals surface area contributed by atoms with Gasteiger partial charge in [-0.05, 0) is 35.2 Å². The lowest BCUT2D eigenvalue weighted by molar-refractivity contribution is 0.0210. The number of anilines is 1. The van der Waals surface area contributed by atoms with Gasteiger partial charge in [0.05, 0.1) is 17.8 Å². The Bertz CT molecular complexity index is 1160. The number of aliphatic hydroxyl groups is 2. The van der Waals surface area contributed by atoms with E-state index in [1.165, 1.54) is 10.8 Å². The van der Waals surface area contributed by atoms with E-state index < -0.39 is 12.2 Å². The van der Waals surface area contributed by atoms with E-state index in [1.54, 1.807) is 10.7 Å². The summed E-state index contributed by atoms with van der Waals surface area (Å²) in [6.45, 7) is 1.95. The molecule has 3 N–H and O–H groups in total. The first-order valence-electron chi connectivity index (χ1n) is 9.57. The van der Waals surface area contributed by atoms with Crippen LogP contribution in [0.3, 0.4) is 0 Å². The Kier molecular flexibility index (Phi) is 4.03. The van der Waals surface area contributed by atoms with Crippen LogP contribution in [0, 0.1) is 5.92 Å². The Balaban J connectivity index is 1.52. The second-order valence-electron chi connectivity index (χ2n) is 7.64. The molecule has 4 atom stereocenters. The molecule has 0 bridgehead atoms. The van der Waals surface area contributed by atoms with Gasteiger partial charge in [-0.3, -0.25) is 0 Å². The molecule has 142 valence electrons. The fraction of sp³-hybridized carbons (Fsp3) is 0.273. The zero-order valence-corrected chi connectivity index (χ0v) is 15.5. The minimum absolute atomic E-state index is 0.0515. The zero-order valence-electron chi connectivity index (χ0n) is 15.5. The van der Waals surface area contributed by atoms with E-state index in [0.29, 0.717) is 6.42 Å². The van der Waals surface area contributed by atoms with Crippen molar-refractivity contribution in [3.63, 3.8) is 0 Å². The summed E-state index contributed by atoms with van der Waals surface area (Å²) in [6, 6.07) is 18.1. The van der Waals surface area contributed by atoms with Crippen molar-refractivity contribution in [1.29, 1.82) is 0 Å². The van der Waals surface area contributed by atoms with Gasteiger partial charge in [0.25, 0.3) is 0 Å². The smallest absolute Gasteiger partial charge is 0.157 e. The van der Waals surface area contributed by atoms with Gasteiger partial charge in [-0.2, -0.15) is 9.61 Å². The Morgan fingerprint density at radius 1 is 1.00 bits per heavy atom. The SMILES string of the molecule is C[C@@H]1C[C@@H](Nc2ccnc3cc(-c4ccc5ccccc5c4)nn23)[C@H](O)[C@@H]1O. The highest BCUT2D eigenvalue weighted by Gasteiger charge is 2.39. The largest absolute Gasteiger partial charge is 0.390 e. The quantitative estimate of drug-likeness (QED) is 0.513. The third-order valence-electron chi connectivity index (χ3n) is 5.71. The van der Waals surface area contributed by atoms with Crippen molar-refractivity contribution in [2.75, 3.05) is 5.32 Å². The first-order chi connectivity index (χ1) is 13.6. The molecular formula is C22H22N4O2. The van der Waals surface area contributed by atoms with Crippen molar-refractivity contribution in [1.82, 2.24) is 14.6 Å². The minimum Gasteiger partial charge on any atom is -0.390 e. The van der Waals surface area contributed by atoms with E-state index >= 15 is 0 Å². The number of aliphatic hydroxyl groups excluding tert-OH is 2. The third-order valence-corrected chi connectivity index (χ3v) is 5.71. The molecule has 2 heterocycles. The van der Waals surface area contributed by atoms with Crippen LogP contribution in [0.1, 0.15) is 13.3 Å². The highest BCUT2D eigenvalue weighted by Crippen LogP contribution is 2.30. The number of nitrogens with one attached hydrogen (secondary N) is 1. The zero-order chi connectivity index (χ0) is 19.3. The van der Waals surface area contributed by atoms with Gasteiger partial charge in [-0.1, -0.05) is 43.3 Å². The lowest BCUT2D eigenvalue weighted by atomic mass is 10.1. The van der Waals surface area contributed by atoms with Crippen LogP contribution in [0.15, 0.2) is 60.8 Å². The molecule has 4 aromatic rings. The maximum Gasteiger partial charge on any atom is 0.157 e. The van der Waals surface area contributed by atoms with E-state index in [4.69, 9.17) is 5.10 Å². The van der Waals surface area contributed by atoms with Gasteiger partial charge in [0, 0.05) is 17.8 Å². The molecular weight excluding hydrogens is 352 g/mol. The fourth-order valence-corrected chi connectivity index (χ4v) is 4.08. The molecule has 2 aromatic heterocycles. The number of hydrogen-bond donors (Lipinski definition) is 3. The Morgan fingerprint density at radius 2 is 1.82 bits per heavy atom.